The lowest BCUT2D eigenvalue weighted by molar-refractivity contribution is -0.117. The van der Waals surface area contributed by atoms with Crippen molar-refractivity contribution in [2.24, 2.45) is 0 Å². The maximum atomic E-state index is 13.5. The summed E-state index contributed by atoms with van der Waals surface area (Å²) in [5.74, 6) is -1.93. The monoisotopic (exact) mass is 400 g/mol. The van der Waals surface area contributed by atoms with Crippen LogP contribution in [0.1, 0.15) is 15.2 Å². The van der Waals surface area contributed by atoms with Crippen molar-refractivity contribution in [3.8, 4) is 10.4 Å². The quantitative estimate of drug-likeness (QED) is 0.493. The molecule has 7 heteroatoms. The van der Waals surface area contributed by atoms with Crippen molar-refractivity contribution in [1.29, 1.82) is 0 Å². The lowest BCUT2D eigenvalue weighted by atomic mass is 10.2. The number of hydrazine groups is 1. The minimum atomic E-state index is -0.730. The summed E-state index contributed by atoms with van der Waals surface area (Å²) in [4.78, 5) is 25.5. The SMILES string of the molecule is O=C(/C=C/c1ccc(-c2ccccc2Cl)s1)NNC(=O)c1ccccc1F. The fourth-order valence-electron chi connectivity index (χ4n) is 2.28. The zero-order chi connectivity index (χ0) is 19.2. The van der Waals surface area contributed by atoms with Gasteiger partial charge in [0, 0.05) is 26.4 Å². The molecule has 136 valence electrons. The van der Waals surface area contributed by atoms with Crippen molar-refractivity contribution in [3.05, 3.63) is 88.0 Å². The number of hydrogen-bond acceptors (Lipinski definition) is 3. The third-order valence-electron chi connectivity index (χ3n) is 3.58. The first-order chi connectivity index (χ1) is 13.0. The van der Waals surface area contributed by atoms with E-state index in [1.165, 1.54) is 41.7 Å². The number of thiophene rings is 1. The molecule has 0 aliphatic heterocycles. The third-order valence-corrected chi connectivity index (χ3v) is 5.00. The van der Waals surface area contributed by atoms with E-state index in [2.05, 4.69) is 10.9 Å². The highest BCUT2D eigenvalue weighted by Gasteiger charge is 2.10. The molecule has 1 aromatic heterocycles. The molecule has 2 amide bonds. The summed E-state index contributed by atoms with van der Waals surface area (Å²) in [5.41, 5.74) is 5.16. The van der Waals surface area contributed by atoms with Crippen molar-refractivity contribution in [1.82, 2.24) is 10.9 Å². The Balaban J connectivity index is 1.59. The van der Waals surface area contributed by atoms with Gasteiger partial charge in [0.2, 0.25) is 0 Å². The number of benzene rings is 2. The number of nitrogens with one attached hydrogen (secondary N) is 2. The van der Waals surface area contributed by atoms with E-state index < -0.39 is 17.6 Å². The lowest BCUT2D eigenvalue weighted by Gasteiger charge is -2.05. The summed E-state index contributed by atoms with van der Waals surface area (Å²) >= 11 is 7.66. The van der Waals surface area contributed by atoms with Gasteiger partial charge in [-0.25, -0.2) is 4.39 Å². The molecule has 0 saturated carbocycles. The van der Waals surface area contributed by atoms with Gasteiger partial charge >= 0.3 is 0 Å². The van der Waals surface area contributed by atoms with Gasteiger partial charge in [-0.1, -0.05) is 41.9 Å². The molecule has 0 aliphatic carbocycles. The average Bonchev–Trinajstić information content (AvgIpc) is 3.14. The van der Waals surface area contributed by atoms with Gasteiger partial charge in [0.05, 0.1) is 5.56 Å². The minimum absolute atomic E-state index is 0.149. The summed E-state index contributed by atoms with van der Waals surface area (Å²) in [5, 5.41) is 0.656. The van der Waals surface area contributed by atoms with Crippen LogP contribution in [0.25, 0.3) is 16.5 Å². The molecule has 0 atom stereocenters. The van der Waals surface area contributed by atoms with Gasteiger partial charge in [0.25, 0.3) is 11.8 Å². The molecule has 27 heavy (non-hydrogen) atoms. The molecule has 0 saturated heterocycles. The van der Waals surface area contributed by atoms with Crippen LogP contribution >= 0.6 is 22.9 Å². The molecule has 0 spiro atoms. The highest BCUT2D eigenvalue weighted by molar-refractivity contribution is 7.16. The molecule has 4 nitrogen and oxygen atoms in total. The Morgan fingerprint density at radius 3 is 2.48 bits per heavy atom. The standard InChI is InChI=1S/C20H14ClFN2O2S/c21-16-7-3-1-5-14(16)18-11-9-13(27-18)10-12-19(25)23-24-20(26)15-6-2-4-8-17(15)22/h1-12H,(H,23,25)(H,24,26)/b12-10+. The Labute approximate surface area is 164 Å². The number of carbonyl (C=O) groups excluding carboxylic acids is 2. The first-order valence-corrected chi connectivity index (χ1v) is 9.11. The average molecular weight is 401 g/mol. The van der Waals surface area contributed by atoms with Gasteiger partial charge in [-0.05, 0) is 36.4 Å². The van der Waals surface area contributed by atoms with Crippen molar-refractivity contribution < 1.29 is 14.0 Å². The topological polar surface area (TPSA) is 58.2 Å². The van der Waals surface area contributed by atoms with Crippen LogP contribution in [-0.2, 0) is 4.79 Å². The number of amides is 2. The van der Waals surface area contributed by atoms with E-state index in [1.807, 2.05) is 36.4 Å². The Kier molecular flexibility index (Phi) is 6.01. The Hall–Kier alpha value is -2.96. The van der Waals surface area contributed by atoms with Crippen LogP contribution < -0.4 is 10.9 Å². The van der Waals surface area contributed by atoms with Gasteiger partial charge in [0.1, 0.15) is 5.82 Å². The molecule has 1 heterocycles. The Morgan fingerprint density at radius 1 is 0.963 bits per heavy atom. The van der Waals surface area contributed by atoms with Gasteiger partial charge in [-0.2, -0.15) is 0 Å². The molecule has 3 aromatic rings. The minimum Gasteiger partial charge on any atom is -0.268 e. The molecule has 2 N–H and O–H groups in total. The zero-order valence-corrected chi connectivity index (χ0v) is 15.5. The molecule has 2 aromatic carbocycles. The van der Waals surface area contributed by atoms with Crippen molar-refractivity contribution in [2.75, 3.05) is 0 Å². The van der Waals surface area contributed by atoms with E-state index in [0.717, 1.165) is 15.3 Å². The normalized spacial score (nSPS) is 10.7. The largest absolute Gasteiger partial charge is 0.272 e. The number of hydrogen-bond donors (Lipinski definition) is 2. The second kappa shape index (κ2) is 8.62. The van der Waals surface area contributed by atoms with Gasteiger partial charge < -0.3 is 0 Å². The van der Waals surface area contributed by atoms with Crippen LogP contribution in [0.5, 0.6) is 0 Å². The van der Waals surface area contributed by atoms with Crippen LogP contribution in [0.2, 0.25) is 5.02 Å². The molecule has 0 aliphatic rings. The van der Waals surface area contributed by atoms with Crippen LogP contribution in [0.15, 0.2) is 66.7 Å². The summed E-state index contributed by atoms with van der Waals surface area (Å²) in [6, 6.07) is 16.8. The number of rotatable bonds is 4. The van der Waals surface area contributed by atoms with E-state index in [1.54, 1.807) is 6.08 Å². The fourth-order valence-corrected chi connectivity index (χ4v) is 3.52. The first-order valence-electron chi connectivity index (χ1n) is 7.92. The number of carbonyl (C=O) groups is 2. The van der Waals surface area contributed by atoms with Crippen LogP contribution in [-0.4, -0.2) is 11.8 Å². The second-order valence-corrected chi connectivity index (χ2v) is 6.96. The van der Waals surface area contributed by atoms with Crippen molar-refractivity contribution >= 4 is 40.8 Å². The molecule has 3 rings (SSSR count). The predicted molar refractivity (Wildman–Crippen MR) is 106 cm³/mol. The van der Waals surface area contributed by atoms with E-state index in [9.17, 15) is 14.0 Å². The van der Waals surface area contributed by atoms with Gasteiger partial charge in [-0.15, -0.1) is 11.3 Å². The first kappa shape index (κ1) is 18.8. The molecule has 0 fully saturated rings. The van der Waals surface area contributed by atoms with Gasteiger partial charge in [-0.3, -0.25) is 20.4 Å². The second-order valence-electron chi connectivity index (χ2n) is 5.44. The molecule has 0 radical (unpaired) electrons. The highest BCUT2D eigenvalue weighted by Crippen LogP contribution is 2.33. The van der Waals surface area contributed by atoms with Gasteiger partial charge in [0.15, 0.2) is 0 Å². The Morgan fingerprint density at radius 2 is 1.70 bits per heavy atom. The summed E-state index contributed by atoms with van der Waals surface area (Å²) in [6.07, 6.45) is 2.90. The fraction of sp³-hybridized carbons (Fsp3) is 0. The van der Waals surface area contributed by atoms with Crippen molar-refractivity contribution in [3.63, 3.8) is 0 Å². The summed E-state index contributed by atoms with van der Waals surface area (Å²) in [7, 11) is 0. The lowest BCUT2D eigenvalue weighted by Crippen LogP contribution is -2.41. The molecule has 0 bridgehead atoms. The van der Waals surface area contributed by atoms with Crippen molar-refractivity contribution in [2.45, 2.75) is 0 Å². The molecular formula is C20H14ClFN2O2S. The van der Waals surface area contributed by atoms with Crippen LogP contribution in [0.4, 0.5) is 4.39 Å². The zero-order valence-electron chi connectivity index (χ0n) is 13.9. The van der Waals surface area contributed by atoms with E-state index in [0.29, 0.717) is 5.02 Å². The molecule has 0 unspecified atom stereocenters. The summed E-state index contributed by atoms with van der Waals surface area (Å²) < 4.78 is 13.5. The number of halogens is 2. The van der Waals surface area contributed by atoms with E-state index >= 15 is 0 Å². The predicted octanol–water partition coefficient (Wildman–Crippen LogP) is 4.68. The van der Waals surface area contributed by atoms with Crippen LogP contribution in [0, 0.1) is 5.82 Å². The maximum absolute atomic E-state index is 13.5. The van der Waals surface area contributed by atoms with Crippen LogP contribution in [0.3, 0.4) is 0 Å². The van der Waals surface area contributed by atoms with E-state index in [-0.39, 0.29) is 5.56 Å². The smallest absolute Gasteiger partial charge is 0.268 e. The highest BCUT2D eigenvalue weighted by atomic mass is 35.5. The third kappa shape index (κ3) is 4.81. The Bertz CT molecular complexity index is 1020. The van der Waals surface area contributed by atoms with E-state index in [4.69, 9.17) is 11.6 Å². The molecular weight excluding hydrogens is 387 g/mol. The maximum Gasteiger partial charge on any atom is 0.272 e. The summed E-state index contributed by atoms with van der Waals surface area (Å²) in [6.45, 7) is 0.